The first-order valence-electron chi connectivity index (χ1n) is 9.58. The van der Waals surface area contributed by atoms with Crippen LogP contribution in [0.1, 0.15) is 44.8 Å². The molecular weight excluding hydrogens is 372 g/mol. The van der Waals surface area contributed by atoms with E-state index in [0.717, 1.165) is 22.8 Å². The molecule has 0 radical (unpaired) electrons. The maximum absolute atomic E-state index is 12.9. The smallest absolute Gasteiger partial charge is 0.289 e. The van der Waals surface area contributed by atoms with E-state index >= 15 is 0 Å². The minimum atomic E-state index is -0.156. The molecule has 0 saturated carbocycles. The quantitative estimate of drug-likeness (QED) is 0.631. The number of amides is 1. The molecule has 29 heavy (non-hydrogen) atoms. The summed E-state index contributed by atoms with van der Waals surface area (Å²) in [4.78, 5) is 19.1. The number of nitrogens with zero attached hydrogens (tertiary/aromatic N) is 2. The van der Waals surface area contributed by atoms with Crippen LogP contribution in [0.25, 0.3) is 0 Å². The van der Waals surface area contributed by atoms with Gasteiger partial charge in [-0.2, -0.15) is 0 Å². The minimum absolute atomic E-state index is 0.156. The Morgan fingerprint density at radius 3 is 2.72 bits per heavy atom. The fourth-order valence-corrected chi connectivity index (χ4v) is 3.33. The molecule has 0 aliphatic carbocycles. The van der Waals surface area contributed by atoms with Gasteiger partial charge in [0.25, 0.3) is 5.91 Å². The first kappa shape index (κ1) is 19.3. The normalized spacial score (nSPS) is 13.4. The summed E-state index contributed by atoms with van der Waals surface area (Å²) in [6.07, 6.45) is 0.626. The largest absolute Gasteiger partial charge is 0.489 e. The lowest BCUT2D eigenvalue weighted by atomic mass is 10.1. The lowest BCUT2D eigenvalue weighted by Crippen LogP contribution is -2.35. The molecule has 0 unspecified atom stereocenters. The molecule has 7 heteroatoms. The second kappa shape index (κ2) is 8.13. The summed E-state index contributed by atoms with van der Waals surface area (Å²) >= 11 is 0. The number of rotatable bonds is 6. The van der Waals surface area contributed by atoms with Gasteiger partial charge in [-0.05, 0) is 32.0 Å². The van der Waals surface area contributed by atoms with Crippen LogP contribution in [0, 0.1) is 13.8 Å². The second-order valence-corrected chi connectivity index (χ2v) is 7.18. The van der Waals surface area contributed by atoms with E-state index in [-0.39, 0.29) is 5.91 Å². The number of aryl methyl sites for hydroxylation is 2. The summed E-state index contributed by atoms with van der Waals surface area (Å²) in [6.45, 7) is 5.50. The lowest BCUT2D eigenvalue weighted by Gasteiger charge is -2.24. The number of fused-ring (bicyclic) bond motifs is 1. The predicted molar refractivity (Wildman–Crippen MR) is 105 cm³/mol. The summed E-state index contributed by atoms with van der Waals surface area (Å²) < 4.78 is 22.3. The second-order valence-electron chi connectivity index (χ2n) is 7.18. The number of aromatic nitrogens is 1. The van der Waals surface area contributed by atoms with Gasteiger partial charge in [-0.15, -0.1) is 0 Å². The average Bonchev–Trinajstić information content (AvgIpc) is 3.29. The van der Waals surface area contributed by atoms with Gasteiger partial charge < -0.3 is 23.2 Å². The van der Waals surface area contributed by atoms with E-state index in [4.69, 9.17) is 18.3 Å². The minimum Gasteiger partial charge on any atom is -0.489 e. The molecule has 7 nitrogen and oxygen atoms in total. The fraction of sp³-hybridized carbons (Fsp3) is 0.364. The third-order valence-electron chi connectivity index (χ3n) is 4.97. The Hall–Kier alpha value is -3.06. The van der Waals surface area contributed by atoms with Gasteiger partial charge in [-0.25, -0.2) is 4.98 Å². The number of ether oxygens (including phenoxy) is 2. The molecular formula is C22H24N2O5. The number of hydrogen-bond acceptors (Lipinski definition) is 6. The Morgan fingerprint density at radius 1 is 1.17 bits per heavy atom. The predicted octanol–water partition coefficient (Wildman–Crippen LogP) is 3.81. The topological polar surface area (TPSA) is 77.9 Å². The van der Waals surface area contributed by atoms with E-state index in [1.165, 1.54) is 5.56 Å². The summed E-state index contributed by atoms with van der Waals surface area (Å²) in [7, 11) is 1.60. The van der Waals surface area contributed by atoms with Crippen molar-refractivity contribution in [1.82, 2.24) is 9.88 Å². The van der Waals surface area contributed by atoms with Crippen molar-refractivity contribution >= 4 is 5.91 Å². The monoisotopic (exact) mass is 396 g/mol. The van der Waals surface area contributed by atoms with Gasteiger partial charge in [0.15, 0.2) is 5.76 Å². The van der Waals surface area contributed by atoms with Crippen molar-refractivity contribution in [3.05, 3.63) is 70.3 Å². The van der Waals surface area contributed by atoms with Crippen LogP contribution < -0.4 is 4.74 Å². The maximum atomic E-state index is 12.9. The number of oxazole rings is 1. The highest BCUT2D eigenvalue weighted by molar-refractivity contribution is 5.92. The van der Waals surface area contributed by atoms with E-state index < -0.39 is 0 Å². The zero-order chi connectivity index (χ0) is 20.4. The van der Waals surface area contributed by atoms with Crippen molar-refractivity contribution in [1.29, 1.82) is 0 Å². The summed E-state index contributed by atoms with van der Waals surface area (Å²) in [5.74, 6) is 2.98. The molecule has 0 bridgehead atoms. The third kappa shape index (κ3) is 4.19. The van der Waals surface area contributed by atoms with Crippen LogP contribution in [0.15, 0.2) is 39.2 Å². The standard InChI is InChI=1S/C22H24N2O5/c1-14-4-6-17(7-5-14)27-12-16-10-20(28-15(16)2)22(25)24-9-8-19-18(11-24)23-21(29-19)13-26-3/h4-7,10H,8-9,11-13H2,1-3H3. The first-order chi connectivity index (χ1) is 14.0. The zero-order valence-corrected chi connectivity index (χ0v) is 16.9. The Bertz CT molecular complexity index is 1000. The van der Waals surface area contributed by atoms with Crippen molar-refractivity contribution < 1.29 is 23.1 Å². The number of methoxy groups -OCH3 is 1. The summed E-state index contributed by atoms with van der Waals surface area (Å²) in [5.41, 5.74) is 2.81. The van der Waals surface area contributed by atoms with Gasteiger partial charge in [0, 0.05) is 25.6 Å². The molecule has 1 amide bonds. The van der Waals surface area contributed by atoms with Gasteiger partial charge >= 0.3 is 0 Å². The van der Waals surface area contributed by atoms with Crippen LogP contribution in [-0.4, -0.2) is 29.4 Å². The highest BCUT2D eigenvalue weighted by Gasteiger charge is 2.28. The molecule has 0 spiro atoms. The van der Waals surface area contributed by atoms with Gasteiger partial charge in [0.05, 0.1) is 6.54 Å². The molecule has 0 atom stereocenters. The average molecular weight is 396 g/mol. The summed E-state index contributed by atoms with van der Waals surface area (Å²) in [6, 6.07) is 9.62. The molecule has 0 N–H and O–H groups in total. The number of carbonyl (C=O) groups excluding carboxylic acids is 1. The number of hydrogen-bond donors (Lipinski definition) is 0. The first-order valence-corrected chi connectivity index (χ1v) is 9.58. The van der Waals surface area contributed by atoms with E-state index in [2.05, 4.69) is 4.98 Å². The van der Waals surface area contributed by atoms with Crippen LogP contribution in [0.5, 0.6) is 5.75 Å². The van der Waals surface area contributed by atoms with Crippen molar-refractivity contribution in [3.8, 4) is 5.75 Å². The lowest BCUT2D eigenvalue weighted by molar-refractivity contribution is 0.0694. The van der Waals surface area contributed by atoms with Crippen LogP contribution in [0.3, 0.4) is 0 Å². The molecule has 2 aromatic heterocycles. The molecule has 3 heterocycles. The number of furan rings is 1. The fourth-order valence-electron chi connectivity index (χ4n) is 3.33. The van der Waals surface area contributed by atoms with Gasteiger partial charge in [0.2, 0.25) is 5.89 Å². The molecule has 0 fully saturated rings. The molecule has 1 aliphatic rings. The Labute approximate surface area is 169 Å². The van der Waals surface area contributed by atoms with Gasteiger partial charge in [0.1, 0.15) is 36.2 Å². The molecule has 1 aromatic carbocycles. The van der Waals surface area contributed by atoms with Gasteiger partial charge in [-0.3, -0.25) is 4.79 Å². The van der Waals surface area contributed by atoms with E-state index in [1.807, 2.05) is 38.1 Å². The van der Waals surface area contributed by atoms with Crippen LogP contribution >= 0.6 is 0 Å². The van der Waals surface area contributed by atoms with E-state index in [0.29, 0.717) is 50.1 Å². The Kier molecular flexibility index (Phi) is 5.40. The van der Waals surface area contributed by atoms with E-state index in [9.17, 15) is 4.79 Å². The molecule has 152 valence electrons. The van der Waals surface area contributed by atoms with Crippen LogP contribution in [0.4, 0.5) is 0 Å². The van der Waals surface area contributed by atoms with Crippen molar-refractivity contribution in [3.63, 3.8) is 0 Å². The van der Waals surface area contributed by atoms with Gasteiger partial charge in [-0.1, -0.05) is 17.7 Å². The third-order valence-corrected chi connectivity index (χ3v) is 4.97. The highest BCUT2D eigenvalue weighted by Crippen LogP contribution is 2.24. The molecule has 4 rings (SSSR count). The SMILES string of the molecule is COCc1nc2c(o1)CCN(C(=O)c1cc(COc3ccc(C)cc3)c(C)o1)C2. The van der Waals surface area contributed by atoms with Crippen LogP contribution in [0.2, 0.25) is 0 Å². The van der Waals surface area contributed by atoms with Crippen LogP contribution in [-0.2, 0) is 30.9 Å². The molecule has 0 saturated heterocycles. The van der Waals surface area contributed by atoms with E-state index in [1.54, 1.807) is 18.1 Å². The van der Waals surface area contributed by atoms with Crippen molar-refractivity contribution in [2.24, 2.45) is 0 Å². The maximum Gasteiger partial charge on any atom is 0.289 e. The highest BCUT2D eigenvalue weighted by atomic mass is 16.5. The Morgan fingerprint density at radius 2 is 1.97 bits per heavy atom. The number of benzene rings is 1. The Balaban J connectivity index is 1.42. The van der Waals surface area contributed by atoms with Crippen molar-refractivity contribution in [2.45, 2.75) is 40.0 Å². The summed E-state index contributed by atoms with van der Waals surface area (Å²) in [5, 5.41) is 0. The molecule has 3 aromatic rings. The molecule has 1 aliphatic heterocycles. The number of carbonyl (C=O) groups is 1. The zero-order valence-electron chi connectivity index (χ0n) is 16.9. The van der Waals surface area contributed by atoms with Crippen molar-refractivity contribution in [2.75, 3.05) is 13.7 Å².